The number of nitrogens with zero attached hydrogens (tertiary/aromatic N) is 2. The van der Waals surface area contributed by atoms with Crippen molar-refractivity contribution in [3.63, 3.8) is 0 Å². The number of aryl methyl sites for hydroxylation is 2. The second-order valence-corrected chi connectivity index (χ2v) is 4.44. The highest BCUT2D eigenvalue weighted by Gasteiger charge is 2.17. The number of nitrogens with one attached hydrogen (secondary N) is 1. The zero-order valence-electron chi connectivity index (χ0n) is 11.2. The van der Waals surface area contributed by atoms with Gasteiger partial charge in [-0.15, -0.1) is 0 Å². The average Bonchev–Trinajstić information content (AvgIpc) is 2.61. The van der Waals surface area contributed by atoms with Crippen molar-refractivity contribution in [3.05, 3.63) is 35.3 Å². The number of hydrogen-bond acceptors (Lipinski definition) is 3. The summed E-state index contributed by atoms with van der Waals surface area (Å²) in [6.45, 7) is 4.19. The molecule has 0 spiro atoms. The molecule has 0 saturated carbocycles. The SMILES string of the molecule is CCCn1nc(C)c(N)c1Nc1c(F)cc(F)cc1F. The fourth-order valence-electron chi connectivity index (χ4n) is 1.88. The first-order valence-corrected chi connectivity index (χ1v) is 6.18. The summed E-state index contributed by atoms with van der Waals surface area (Å²) >= 11 is 0. The van der Waals surface area contributed by atoms with Gasteiger partial charge in [0, 0.05) is 18.7 Å². The van der Waals surface area contributed by atoms with Crippen molar-refractivity contribution in [1.82, 2.24) is 9.78 Å². The van der Waals surface area contributed by atoms with Crippen LogP contribution >= 0.6 is 0 Å². The Morgan fingerprint density at radius 1 is 1.25 bits per heavy atom. The van der Waals surface area contributed by atoms with Crippen LogP contribution in [0.3, 0.4) is 0 Å². The Labute approximate surface area is 114 Å². The molecule has 7 heteroatoms. The molecule has 1 heterocycles. The van der Waals surface area contributed by atoms with Crippen molar-refractivity contribution in [1.29, 1.82) is 0 Å². The van der Waals surface area contributed by atoms with Crippen molar-refractivity contribution in [3.8, 4) is 0 Å². The molecule has 0 bridgehead atoms. The van der Waals surface area contributed by atoms with Crippen molar-refractivity contribution in [2.45, 2.75) is 26.8 Å². The number of hydrogen-bond donors (Lipinski definition) is 2. The maximum absolute atomic E-state index is 13.6. The van der Waals surface area contributed by atoms with Crippen molar-refractivity contribution < 1.29 is 13.2 Å². The molecule has 20 heavy (non-hydrogen) atoms. The van der Waals surface area contributed by atoms with Gasteiger partial charge < -0.3 is 11.1 Å². The number of halogens is 3. The van der Waals surface area contributed by atoms with E-state index in [1.54, 1.807) is 6.92 Å². The number of nitrogens with two attached hydrogens (primary N) is 1. The van der Waals surface area contributed by atoms with Gasteiger partial charge in [0.1, 0.15) is 11.5 Å². The van der Waals surface area contributed by atoms with Crippen molar-refractivity contribution in [2.75, 3.05) is 11.1 Å². The van der Waals surface area contributed by atoms with Gasteiger partial charge in [-0.2, -0.15) is 5.10 Å². The zero-order chi connectivity index (χ0) is 14.9. The maximum Gasteiger partial charge on any atom is 0.152 e. The highest BCUT2D eigenvalue weighted by atomic mass is 19.1. The van der Waals surface area contributed by atoms with E-state index in [-0.39, 0.29) is 0 Å². The fourth-order valence-corrected chi connectivity index (χ4v) is 1.88. The summed E-state index contributed by atoms with van der Waals surface area (Å²) in [6, 6.07) is 1.21. The lowest BCUT2D eigenvalue weighted by atomic mass is 10.2. The van der Waals surface area contributed by atoms with Crippen LogP contribution in [0.2, 0.25) is 0 Å². The van der Waals surface area contributed by atoms with Gasteiger partial charge in [0.25, 0.3) is 0 Å². The molecule has 0 aliphatic carbocycles. The number of rotatable bonds is 4. The second kappa shape index (κ2) is 5.44. The van der Waals surface area contributed by atoms with Crippen molar-refractivity contribution in [2.24, 2.45) is 0 Å². The third-order valence-corrected chi connectivity index (χ3v) is 2.86. The van der Waals surface area contributed by atoms with E-state index in [1.165, 1.54) is 4.68 Å². The molecule has 0 amide bonds. The summed E-state index contributed by atoms with van der Waals surface area (Å²) in [4.78, 5) is 0. The summed E-state index contributed by atoms with van der Waals surface area (Å²) < 4.78 is 41.7. The van der Waals surface area contributed by atoms with Gasteiger partial charge >= 0.3 is 0 Å². The Balaban J connectivity index is 2.44. The summed E-state index contributed by atoms with van der Waals surface area (Å²) in [5.41, 5.74) is 6.26. The topological polar surface area (TPSA) is 55.9 Å². The molecule has 0 radical (unpaired) electrons. The Hall–Kier alpha value is -2.18. The van der Waals surface area contributed by atoms with E-state index in [1.807, 2.05) is 6.92 Å². The van der Waals surface area contributed by atoms with Crippen LogP contribution in [-0.2, 0) is 6.54 Å². The van der Waals surface area contributed by atoms with Crippen LogP contribution in [0.15, 0.2) is 12.1 Å². The van der Waals surface area contributed by atoms with Gasteiger partial charge in [0.2, 0.25) is 0 Å². The fraction of sp³-hybridized carbons (Fsp3) is 0.308. The molecule has 0 aliphatic rings. The van der Waals surface area contributed by atoms with Crippen LogP contribution in [0.5, 0.6) is 0 Å². The highest BCUT2D eigenvalue weighted by molar-refractivity contribution is 5.71. The average molecular weight is 284 g/mol. The van der Waals surface area contributed by atoms with E-state index in [2.05, 4.69) is 10.4 Å². The molecule has 0 saturated heterocycles. The Morgan fingerprint density at radius 3 is 2.40 bits per heavy atom. The molecule has 1 aromatic carbocycles. The van der Waals surface area contributed by atoms with Gasteiger partial charge in [0.15, 0.2) is 17.5 Å². The predicted octanol–water partition coefficient (Wildman–Crippen LogP) is 3.34. The number of anilines is 3. The van der Waals surface area contributed by atoms with Crippen LogP contribution in [0.1, 0.15) is 19.0 Å². The lowest BCUT2D eigenvalue weighted by Crippen LogP contribution is -2.08. The first-order valence-electron chi connectivity index (χ1n) is 6.18. The third kappa shape index (κ3) is 2.56. The molecular weight excluding hydrogens is 269 g/mol. The molecule has 1 aromatic heterocycles. The number of nitrogen functional groups attached to an aromatic ring is 1. The molecule has 0 atom stereocenters. The van der Waals surface area contributed by atoms with E-state index >= 15 is 0 Å². The van der Waals surface area contributed by atoms with Crippen LogP contribution in [0.25, 0.3) is 0 Å². The second-order valence-electron chi connectivity index (χ2n) is 4.44. The Morgan fingerprint density at radius 2 is 1.85 bits per heavy atom. The lowest BCUT2D eigenvalue weighted by Gasteiger charge is -2.11. The van der Waals surface area contributed by atoms with Crippen LogP contribution in [0.4, 0.5) is 30.4 Å². The van der Waals surface area contributed by atoms with Crippen LogP contribution in [-0.4, -0.2) is 9.78 Å². The van der Waals surface area contributed by atoms with Gasteiger partial charge in [-0.3, -0.25) is 0 Å². The molecular formula is C13H15F3N4. The van der Waals surface area contributed by atoms with E-state index in [0.717, 1.165) is 6.42 Å². The number of benzene rings is 1. The zero-order valence-corrected chi connectivity index (χ0v) is 11.2. The predicted molar refractivity (Wildman–Crippen MR) is 71.3 cm³/mol. The first-order chi connectivity index (χ1) is 9.43. The minimum Gasteiger partial charge on any atom is -0.394 e. The highest BCUT2D eigenvalue weighted by Crippen LogP contribution is 2.29. The lowest BCUT2D eigenvalue weighted by molar-refractivity contribution is 0.547. The minimum absolute atomic E-state index is 0.300. The summed E-state index contributed by atoms with van der Waals surface area (Å²) in [5, 5.41) is 6.75. The van der Waals surface area contributed by atoms with E-state index in [4.69, 9.17) is 5.73 Å². The Kier molecular flexibility index (Phi) is 3.87. The van der Waals surface area contributed by atoms with Gasteiger partial charge in [0.05, 0.1) is 11.4 Å². The molecule has 2 rings (SSSR count). The van der Waals surface area contributed by atoms with Gasteiger partial charge in [-0.25, -0.2) is 17.9 Å². The smallest absolute Gasteiger partial charge is 0.152 e. The van der Waals surface area contributed by atoms with Crippen LogP contribution < -0.4 is 11.1 Å². The largest absolute Gasteiger partial charge is 0.394 e. The maximum atomic E-state index is 13.6. The minimum atomic E-state index is -1.02. The summed E-state index contributed by atoms with van der Waals surface area (Å²) in [7, 11) is 0. The quantitative estimate of drug-likeness (QED) is 0.905. The summed E-state index contributed by atoms with van der Waals surface area (Å²) in [5.74, 6) is -2.72. The molecule has 0 fully saturated rings. The van der Waals surface area contributed by atoms with Gasteiger partial charge in [-0.1, -0.05) is 6.92 Å². The molecule has 4 nitrogen and oxygen atoms in total. The standard InChI is InChI=1S/C13H15F3N4/c1-3-4-20-13(11(17)7(2)19-20)18-12-9(15)5-8(14)6-10(12)16/h5-6,18H,3-4,17H2,1-2H3. The summed E-state index contributed by atoms with van der Waals surface area (Å²) in [6.07, 6.45) is 0.781. The molecule has 3 N–H and O–H groups in total. The number of aromatic nitrogens is 2. The Bertz CT molecular complexity index is 614. The molecule has 108 valence electrons. The normalized spacial score (nSPS) is 10.8. The van der Waals surface area contributed by atoms with E-state index in [0.29, 0.717) is 35.9 Å². The van der Waals surface area contributed by atoms with E-state index < -0.39 is 23.1 Å². The van der Waals surface area contributed by atoms with Crippen molar-refractivity contribution >= 4 is 17.2 Å². The van der Waals surface area contributed by atoms with Gasteiger partial charge in [-0.05, 0) is 13.3 Å². The first kappa shape index (κ1) is 14.2. The molecule has 0 aliphatic heterocycles. The molecule has 0 unspecified atom stereocenters. The third-order valence-electron chi connectivity index (χ3n) is 2.86. The molecule has 2 aromatic rings. The van der Waals surface area contributed by atoms with E-state index in [9.17, 15) is 13.2 Å². The van der Waals surface area contributed by atoms with Crippen LogP contribution in [0, 0.1) is 24.4 Å². The monoisotopic (exact) mass is 284 g/mol.